The van der Waals surface area contributed by atoms with Crippen LogP contribution in [0.25, 0.3) is 0 Å². The fourth-order valence-electron chi connectivity index (χ4n) is 2.79. The van der Waals surface area contributed by atoms with E-state index in [4.69, 9.17) is 0 Å². The van der Waals surface area contributed by atoms with E-state index in [1.54, 1.807) is 11.8 Å². The smallest absolute Gasteiger partial charge is 0.252 e. The van der Waals surface area contributed by atoms with Gasteiger partial charge in [0, 0.05) is 4.90 Å². The maximum absolute atomic E-state index is 12.7. The number of benzene rings is 2. The molecule has 0 saturated heterocycles. The Bertz CT molecular complexity index is 681. The van der Waals surface area contributed by atoms with Gasteiger partial charge in [0.05, 0.1) is 11.6 Å². The molecule has 0 spiro atoms. The molecule has 0 bridgehead atoms. The minimum absolute atomic E-state index is 0.00775. The first-order valence-corrected chi connectivity index (χ1v) is 9.15. The second kappa shape index (κ2) is 8.21. The van der Waals surface area contributed by atoms with Crippen LogP contribution in [-0.2, 0) is 0 Å². The van der Waals surface area contributed by atoms with Crippen LogP contribution in [0.3, 0.4) is 0 Å². The average molecular weight is 327 g/mol. The van der Waals surface area contributed by atoms with Crippen LogP contribution >= 0.6 is 11.8 Å². The molecule has 0 aliphatic carbocycles. The number of carbonyl (C=O) groups excluding carboxylic acids is 1. The number of thioether (sulfide) groups is 1. The molecule has 2 aromatic carbocycles. The molecule has 122 valence electrons. The van der Waals surface area contributed by atoms with E-state index in [0.717, 1.165) is 22.6 Å². The summed E-state index contributed by atoms with van der Waals surface area (Å²) in [4.78, 5) is 13.8. The second-order valence-electron chi connectivity index (χ2n) is 5.72. The van der Waals surface area contributed by atoms with Gasteiger partial charge < -0.3 is 5.32 Å². The number of nitrogens with one attached hydrogen (secondary N) is 1. The van der Waals surface area contributed by atoms with Gasteiger partial charge in [-0.15, -0.1) is 11.8 Å². The summed E-state index contributed by atoms with van der Waals surface area (Å²) in [5.41, 5.74) is 4.44. The Morgan fingerprint density at radius 1 is 1.13 bits per heavy atom. The lowest BCUT2D eigenvalue weighted by Crippen LogP contribution is -2.29. The first-order valence-electron chi connectivity index (χ1n) is 8.16. The number of aryl methyl sites for hydroxylation is 2. The van der Waals surface area contributed by atoms with Crippen molar-refractivity contribution in [3.8, 4) is 0 Å². The van der Waals surface area contributed by atoms with Gasteiger partial charge in [-0.2, -0.15) is 0 Å². The third-order valence-corrected chi connectivity index (χ3v) is 4.90. The Hall–Kier alpha value is -1.74. The summed E-state index contributed by atoms with van der Waals surface area (Å²) in [6.45, 7) is 8.41. The van der Waals surface area contributed by atoms with Crippen LogP contribution in [0, 0.1) is 13.8 Å². The number of hydrogen-bond donors (Lipinski definition) is 1. The van der Waals surface area contributed by atoms with Gasteiger partial charge in [-0.3, -0.25) is 4.79 Å². The van der Waals surface area contributed by atoms with Crippen LogP contribution in [0.5, 0.6) is 0 Å². The predicted molar refractivity (Wildman–Crippen MR) is 99.3 cm³/mol. The molecule has 0 radical (unpaired) electrons. The maximum atomic E-state index is 12.7. The van der Waals surface area contributed by atoms with Crippen molar-refractivity contribution in [2.45, 2.75) is 45.1 Å². The van der Waals surface area contributed by atoms with Gasteiger partial charge in [0.15, 0.2) is 0 Å². The van der Waals surface area contributed by atoms with E-state index < -0.39 is 0 Å². The van der Waals surface area contributed by atoms with Crippen LogP contribution in [0.15, 0.2) is 47.4 Å². The molecule has 0 saturated carbocycles. The Balaban J connectivity index is 2.23. The highest BCUT2D eigenvalue weighted by atomic mass is 32.2. The van der Waals surface area contributed by atoms with E-state index in [1.807, 2.05) is 24.3 Å². The van der Waals surface area contributed by atoms with E-state index in [1.165, 1.54) is 16.7 Å². The molecule has 0 aromatic heterocycles. The molecule has 1 N–H and O–H groups in total. The zero-order valence-electron chi connectivity index (χ0n) is 14.3. The molecule has 3 heteroatoms. The lowest BCUT2D eigenvalue weighted by molar-refractivity contribution is 0.0932. The van der Waals surface area contributed by atoms with E-state index >= 15 is 0 Å². The Kier molecular flexibility index (Phi) is 6.28. The standard InChI is InChI=1S/C20H25NOS/c1-5-18(16-12-11-14(3)13-15(16)4)21-20(22)17-9-7-8-10-19(17)23-6-2/h7-13,18H,5-6H2,1-4H3,(H,21,22)/t18-/m1/s1. The summed E-state index contributed by atoms with van der Waals surface area (Å²) in [6.07, 6.45) is 0.874. The fourth-order valence-corrected chi connectivity index (χ4v) is 3.59. The highest BCUT2D eigenvalue weighted by Gasteiger charge is 2.17. The summed E-state index contributed by atoms with van der Waals surface area (Å²) in [7, 11) is 0. The van der Waals surface area contributed by atoms with Crippen molar-refractivity contribution < 1.29 is 4.79 Å². The molecule has 2 rings (SSSR count). The zero-order valence-corrected chi connectivity index (χ0v) is 15.2. The molecule has 0 aliphatic rings. The molecule has 2 nitrogen and oxygen atoms in total. The van der Waals surface area contributed by atoms with Crippen molar-refractivity contribution in [3.63, 3.8) is 0 Å². The molecule has 1 atom stereocenters. The van der Waals surface area contributed by atoms with Gasteiger partial charge in [-0.05, 0) is 49.3 Å². The zero-order chi connectivity index (χ0) is 16.8. The number of carbonyl (C=O) groups is 1. The monoisotopic (exact) mass is 327 g/mol. The Morgan fingerprint density at radius 3 is 2.52 bits per heavy atom. The van der Waals surface area contributed by atoms with E-state index in [9.17, 15) is 4.79 Å². The van der Waals surface area contributed by atoms with Crippen LogP contribution in [-0.4, -0.2) is 11.7 Å². The van der Waals surface area contributed by atoms with Crippen molar-refractivity contribution >= 4 is 17.7 Å². The van der Waals surface area contributed by atoms with E-state index in [0.29, 0.717) is 0 Å². The molecule has 0 fully saturated rings. The third-order valence-electron chi connectivity index (χ3n) is 3.95. The Morgan fingerprint density at radius 2 is 1.87 bits per heavy atom. The van der Waals surface area contributed by atoms with Gasteiger partial charge in [-0.25, -0.2) is 0 Å². The van der Waals surface area contributed by atoms with Gasteiger partial charge >= 0.3 is 0 Å². The maximum Gasteiger partial charge on any atom is 0.252 e. The Labute approximate surface area is 143 Å². The molecule has 0 heterocycles. The van der Waals surface area contributed by atoms with Gasteiger partial charge in [0.2, 0.25) is 0 Å². The summed E-state index contributed by atoms with van der Waals surface area (Å²) >= 11 is 1.71. The first-order chi connectivity index (χ1) is 11.1. The quantitative estimate of drug-likeness (QED) is 0.730. The lowest BCUT2D eigenvalue weighted by Gasteiger charge is -2.20. The van der Waals surface area contributed by atoms with Crippen LogP contribution in [0.4, 0.5) is 0 Å². The van der Waals surface area contributed by atoms with Gasteiger partial charge in [-0.1, -0.05) is 49.7 Å². The lowest BCUT2D eigenvalue weighted by atomic mass is 9.97. The van der Waals surface area contributed by atoms with E-state index in [2.05, 4.69) is 51.2 Å². The summed E-state index contributed by atoms with van der Waals surface area (Å²) in [5, 5.41) is 3.21. The van der Waals surface area contributed by atoms with Gasteiger partial charge in [0.1, 0.15) is 0 Å². The number of rotatable bonds is 6. The highest BCUT2D eigenvalue weighted by molar-refractivity contribution is 7.99. The predicted octanol–water partition coefficient (Wildman–Crippen LogP) is 5.30. The van der Waals surface area contributed by atoms with Crippen molar-refractivity contribution in [1.29, 1.82) is 0 Å². The second-order valence-corrected chi connectivity index (χ2v) is 7.03. The molecule has 0 unspecified atom stereocenters. The van der Waals surface area contributed by atoms with Crippen molar-refractivity contribution in [1.82, 2.24) is 5.32 Å². The van der Waals surface area contributed by atoms with Crippen molar-refractivity contribution in [2.24, 2.45) is 0 Å². The summed E-state index contributed by atoms with van der Waals surface area (Å²) in [6, 6.07) is 14.3. The molecule has 1 amide bonds. The minimum Gasteiger partial charge on any atom is -0.345 e. The summed E-state index contributed by atoms with van der Waals surface area (Å²) < 4.78 is 0. The van der Waals surface area contributed by atoms with Crippen LogP contribution in [0.2, 0.25) is 0 Å². The highest BCUT2D eigenvalue weighted by Crippen LogP contribution is 2.25. The first kappa shape index (κ1) is 17.6. The topological polar surface area (TPSA) is 29.1 Å². The van der Waals surface area contributed by atoms with E-state index in [-0.39, 0.29) is 11.9 Å². The summed E-state index contributed by atoms with van der Waals surface area (Å²) in [5.74, 6) is 0.965. The molecular formula is C20H25NOS. The normalized spacial score (nSPS) is 12.0. The van der Waals surface area contributed by atoms with Crippen molar-refractivity contribution in [3.05, 3.63) is 64.7 Å². The van der Waals surface area contributed by atoms with Crippen LogP contribution < -0.4 is 5.32 Å². The number of amides is 1. The largest absolute Gasteiger partial charge is 0.345 e. The third kappa shape index (κ3) is 4.38. The number of hydrogen-bond acceptors (Lipinski definition) is 2. The van der Waals surface area contributed by atoms with Crippen molar-refractivity contribution in [2.75, 3.05) is 5.75 Å². The molecular weight excluding hydrogens is 302 g/mol. The van der Waals surface area contributed by atoms with Gasteiger partial charge in [0.25, 0.3) is 5.91 Å². The molecule has 2 aromatic rings. The SMILES string of the molecule is CCSc1ccccc1C(=O)N[C@H](CC)c1ccc(C)cc1C. The fraction of sp³-hybridized carbons (Fsp3) is 0.350. The van der Waals surface area contributed by atoms with Crippen LogP contribution in [0.1, 0.15) is 53.4 Å². The molecule has 23 heavy (non-hydrogen) atoms. The molecule has 0 aliphatic heterocycles. The average Bonchev–Trinajstić information content (AvgIpc) is 2.54. The minimum atomic E-state index is 0.00775.